The molecule has 0 aliphatic heterocycles. The maximum Gasteiger partial charge on any atom is 2.00 e. The molecular weight excluding hydrogens is 202 g/mol. The van der Waals surface area contributed by atoms with Gasteiger partial charge in [-0.2, -0.15) is 0 Å². The normalized spacial score (nSPS) is 4.17. The van der Waals surface area contributed by atoms with Gasteiger partial charge in [0.2, 0.25) is 0 Å². The van der Waals surface area contributed by atoms with Gasteiger partial charge < -0.3 is 7.96 Å². The molecule has 0 fully saturated rings. The Bertz CT molecular complexity index is 41.0. The summed E-state index contributed by atoms with van der Waals surface area (Å²) in [6, 6.07) is 0. The molecular formula is C2H6NiO2Sr. The predicted molar refractivity (Wildman–Crippen MR) is 21.3 cm³/mol. The van der Waals surface area contributed by atoms with Crippen LogP contribution in [0, 0.1) is 0 Å². The number of aliphatic carboxylic acids is 1. The minimum atomic E-state index is -0.833. The first-order valence-corrected chi connectivity index (χ1v) is 0.928. The van der Waals surface area contributed by atoms with Crippen molar-refractivity contribution in [1.82, 2.24) is 0 Å². The van der Waals surface area contributed by atoms with Gasteiger partial charge in [-0.05, 0) is 0 Å². The van der Waals surface area contributed by atoms with E-state index in [1.54, 1.807) is 0 Å². The average molecular weight is 208 g/mol. The Morgan fingerprint density at radius 1 is 1.83 bits per heavy atom. The molecule has 0 aliphatic carbocycles. The van der Waals surface area contributed by atoms with Crippen LogP contribution < -0.4 is 0 Å². The molecule has 0 bridgehead atoms. The summed E-state index contributed by atoms with van der Waals surface area (Å²) in [4.78, 5) is 9.00. The number of rotatable bonds is 0. The fourth-order valence-electron chi connectivity index (χ4n) is 0. The Hall–Kier alpha value is 1.44. The molecule has 4 heteroatoms. The van der Waals surface area contributed by atoms with Crippen molar-refractivity contribution in [3.05, 3.63) is 0 Å². The largest absolute Gasteiger partial charge is 2.00 e. The maximum absolute atomic E-state index is 9.00. The number of carbonyl (C=O) groups is 1. The van der Waals surface area contributed by atoms with Crippen LogP contribution in [0.3, 0.4) is 0 Å². The summed E-state index contributed by atoms with van der Waals surface area (Å²) in [5.74, 6) is -0.833. The third kappa shape index (κ3) is 51.6. The predicted octanol–water partition coefficient (Wildman–Crippen LogP) is -0.0674. The molecule has 0 unspecified atom stereocenters. The maximum atomic E-state index is 9.00. The first-order valence-electron chi connectivity index (χ1n) is 0.928. The molecule has 0 aromatic carbocycles. The Morgan fingerprint density at radius 3 is 1.83 bits per heavy atom. The van der Waals surface area contributed by atoms with E-state index in [1.807, 2.05) is 0 Å². The number of carboxylic acids is 1. The van der Waals surface area contributed by atoms with E-state index in [4.69, 9.17) is 9.90 Å². The Labute approximate surface area is 86.5 Å². The summed E-state index contributed by atoms with van der Waals surface area (Å²) in [6.07, 6.45) is 0. The summed E-state index contributed by atoms with van der Waals surface area (Å²) in [6.45, 7) is 1.08. The molecule has 1 N–H and O–H groups in total. The second-order valence-corrected chi connectivity index (χ2v) is 0.519. The molecule has 0 saturated heterocycles. The Morgan fingerprint density at radius 2 is 1.83 bits per heavy atom. The fourth-order valence-corrected chi connectivity index (χ4v) is 0. The summed E-state index contributed by atoms with van der Waals surface area (Å²) >= 11 is 0. The molecule has 0 atom stereocenters. The van der Waals surface area contributed by atoms with E-state index in [-0.39, 0.29) is 64.8 Å². The second kappa shape index (κ2) is 9.67. The van der Waals surface area contributed by atoms with Crippen LogP contribution in [0.2, 0.25) is 0 Å². The molecule has 0 saturated carbocycles. The van der Waals surface area contributed by atoms with E-state index in [0.29, 0.717) is 0 Å². The van der Waals surface area contributed by atoms with Gasteiger partial charge >= 0.3 is 45.5 Å². The SMILES string of the molecule is CC(=O)O.[H-].[H-].[Ni].[Sr+2]. The number of hydrogen-bond acceptors (Lipinski definition) is 1. The molecule has 0 aromatic heterocycles. The van der Waals surface area contributed by atoms with Crippen molar-refractivity contribution in [2.24, 2.45) is 0 Å². The van der Waals surface area contributed by atoms with Gasteiger partial charge in [0.25, 0.3) is 5.97 Å². The van der Waals surface area contributed by atoms with E-state index < -0.39 is 5.97 Å². The van der Waals surface area contributed by atoms with Gasteiger partial charge in [0.1, 0.15) is 0 Å². The van der Waals surface area contributed by atoms with Gasteiger partial charge in [-0.25, -0.2) is 0 Å². The van der Waals surface area contributed by atoms with Crippen LogP contribution in [0.15, 0.2) is 0 Å². The van der Waals surface area contributed by atoms with Gasteiger partial charge in [0, 0.05) is 23.4 Å². The zero-order valence-corrected chi connectivity index (χ0v) is 7.84. The van der Waals surface area contributed by atoms with Crippen LogP contribution in [0.4, 0.5) is 0 Å². The van der Waals surface area contributed by atoms with Crippen LogP contribution in [-0.2, 0) is 21.3 Å². The van der Waals surface area contributed by atoms with Crippen LogP contribution in [0.5, 0.6) is 0 Å². The van der Waals surface area contributed by atoms with Crippen molar-refractivity contribution in [3.8, 4) is 0 Å². The van der Waals surface area contributed by atoms with Gasteiger partial charge in [-0.15, -0.1) is 0 Å². The zero-order valence-electron chi connectivity index (χ0n) is 5.38. The Balaban J connectivity index is -0.00000000750. The minimum Gasteiger partial charge on any atom is -1.00 e. The average Bonchev–Trinajstić information content (AvgIpc) is 0.811. The summed E-state index contributed by atoms with van der Waals surface area (Å²) in [7, 11) is 0. The van der Waals surface area contributed by atoms with Gasteiger partial charge in [-0.1, -0.05) is 0 Å². The minimum absolute atomic E-state index is 0. The number of carboxylic acid groups (broad SMARTS) is 1. The molecule has 0 aliphatic rings. The molecule has 0 spiro atoms. The van der Waals surface area contributed by atoms with Crippen molar-refractivity contribution < 1.29 is 29.2 Å². The molecule has 2 nitrogen and oxygen atoms in total. The molecule has 0 heterocycles. The van der Waals surface area contributed by atoms with E-state index >= 15 is 0 Å². The summed E-state index contributed by atoms with van der Waals surface area (Å²) in [5.41, 5.74) is 0. The Kier molecular flexibility index (Phi) is 25.2. The third-order valence-electron chi connectivity index (χ3n) is 0. The second-order valence-electron chi connectivity index (χ2n) is 0.519. The van der Waals surface area contributed by atoms with Crippen molar-refractivity contribution in [2.75, 3.05) is 0 Å². The van der Waals surface area contributed by atoms with Crippen molar-refractivity contribution >= 4 is 51.5 Å². The van der Waals surface area contributed by atoms with Crippen molar-refractivity contribution in [2.45, 2.75) is 6.92 Å². The summed E-state index contributed by atoms with van der Waals surface area (Å²) in [5, 5.41) is 7.42. The standard InChI is InChI=1S/C2H4O2.Ni.Sr.2H/c1-2(3)4;;;;/h1H3,(H,3,4);;;;/q;;+2;2*-1. The molecule has 0 radical (unpaired) electrons. The fraction of sp³-hybridized carbons (Fsp3) is 0.500. The molecule has 6 heavy (non-hydrogen) atoms. The first kappa shape index (κ1) is 15.7. The van der Waals surface area contributed by atoms with Crippen LogP contribution in [0.25, 0.3) is 0 Å². The molecule has 38 valence electrons. The van der Waals surface area contributed by atoms with E-state index in [0.717, 1.165) is 6.92 Å². The quantitative estimate of drug-likeness (QED) is 0.566. The van der Waals surface area contributed by atoms with Crippen molar-refractivity contribution in [1.29, 1.82) is 0 Å². The topological polar surface area (TPSA) is 37.3 Å². The third-order valence-corrected chi connectivity index (χ3v) is 0. The molecule has 0 amide bonds. The van der Waals surface area contributed by atoms with Crippen molar-refractivity contribution in [3.63, 3.8) is 0 Å². The van der Waals surface area contributed by atoms with Crippen LogP contribution >= 0.6 is 0 Å². The van der Waals surface area contributed by atoms with Gasteiger partial charge in [0.05, 0.1) is 0 Å². The van der Waals surface area contributed by atoms with Gasteiger partial charge in [0.15, 0.2) is 0 Å². The smallest absolute Gasteiger partial charge is 1.00 e. The first-order chi connectivity index (χ1) is 1.73. The van der Waals surface area contributed by atoms with Crippen LogP contribution in [-0.4, -0.2) is 56.6 Å². The van der Waals surface area contributed by atoms with Crippen LogP contribution in [0.1, 0.15) is 9.78 Å². The van der Waals surface area contributed by atoms with E-state index in [9.17, 15) is 0 Å². The monoisotopic (exact) mass is 208 g/mol. The van der Waals surface area contributed by atoms with Gasteiger partial charge in [-0.3, -0.25) is 4.79 Å². The molecule has 0 aromatic rings. The zero-order chi connectivity index (χ0) is 3.58. The number of hydrogen-bond donors (Lipinski definition) is 1. The summed E-state index contributed by atoms with van der Waals surface area (Å²) < 4.78 is 0. The van der Waals surface area contributed by atoms with E-state index in [1.165, 1.54) is 0 Å². The van der Waals surface area contributed by atoms with E-state index in [2.05, 4.69) is 0 Å². The molecule has 0 rings (SSSR count).